The molecule has 0 radical (unpaired) electrons. The van der Waals surface area contributed by atoms with E-state index in [0.717, 1.165) is 40.1 Å². The van der Waals surface area contributed by atoms with Crippen LogP contribution in [0.5, 0.6) is 11.6 Å². The average Bonchev–Trinajstić information content (AvgIpc) is 3.51. The SMILES string of the molecule is Cc1cc(Oc2ncccc2C23CC2C3)ccc1-c1c(C)ncc(=O)n1C. The zero-order chi connectivity index (χ0) is 18.8. The summed E-state index contributed by atoms with van der Waals surface area (Å²) < 4.78 is 7.80. The Morgan fingerprint density at radius 3 is 2.67 bits per heavy atom. The van der Waals surface area contributed by atoms with Crippen LogP contribution in [0.2, 0.25) is 0 Å². The number of benzene rings is 1. The molecule has 1 aromatic carbocycles. The van der Waals surface area contributed by atoms with Crippen molar-refractivity contribution in [2.45, 2.75) is 32.1 Å². The number of hydrogen-bond donors (Lipinski definition) is 0. The van der Waals surface area contributed by atoms with Crippen molar-refractivity contribution in [3.05, 3.63) is 69.9 Å². The number of fused-ring (bicyclic) bond motifs is 1. The van der Waals surface area contributed by atoms with Gasteiger partial charge in [-0.1, -0.05) is 6.07 Å². The molecular formula is C22H21N3O2. The number of nitrogens with zero attached hydrogens (tertiary/aromatic N) is 3. The Morgan fingerprint density at radius 1 is 1.19 bits per heavy atom. The maximum absolute atomic E-state index is 12.0. The van der Waals surface area contributed by atoms with Gasteiger partial charge in [-0.05, 0) is 62.4 Å². The zero-order valence-electron chi connectivity index (χ0n) is 15.7. The Bertz CT molecular complexity index is 1130. The summed E-state index contributed by atoms with van der Waals surface area (Å²) in [6.45, 7) is 3.94. The third-order valence-corrected chi connectivity index (χ3v) is 6.03. The Kier molecular flexibility index (Phi) is 3.32. The smallest absolute Gasteiger partial charge is 0.269 e. The molecule has 0 aliphatic heterocycles. The standard InChI is InChI=1S/C22H21N3O2/c1-13-9-16(6-7-17(13)20-14(2)24-12-19(26)25(20)3)27-21-18(5-4-8-23-21)22-10-15(22)11-22/h4-9,12,15H,10-11H2,1-3H3. The van der Waals surface area contributed by atoms with Crippen molar-refractivity contribution in [3.63, 3.8) is 0 Å². The van der Waals surface area contributed by atoms with Crippen LogP contribution in [-0.4, -0.2) is 14.5 Å². The van der Waals surface area contributed by atoms with E-state index in [-0.39, 0.29) is 5.56 Å². The molecule has 0 amide bonds. The van der Waals surface area contributed by atoms with Crippen LogP contribution in [0.15, 0.2) is 47.5 Å². The first-order valence-corrected chi connectivity index (χ1v) is 9.26. The predicted octanol–water partition coefficient (Wildman–Crippen LogP) is 3.91. The van der Waals surface area contributed by atoms with Gasteiger partial charge in [0, 0.05) is 29.8 Å². The van der Waals surface area contributed by atoms with Crippen molar-refractivity contribution < 1.29 is 4.74 Å². The van der Waals surface area contributed by atoms with Crippen LogP contribution < -0.4 is 10.3 Å². The summed E-state index contributed by atoms with van der Waals surface area (Å²) in [6, 6.07) is 10.1. The topological polar surface area (TPSA) is 57.0 Å². The summed E-state index contributed by atoms with van der Waals surface area (Å²) >= 11 is 0. The van der Waals surface area contributed by atoms with Gasteiger partial charge in [-0.3, -0.25) is 9.78 Å². The summed E-state index contributed by atoms with van der Waals surface area (Å²) in [7, 11) is 1.78. The van der Waals surface area contributed by atoms with Gasteiger partial charge in [0.25, 0.3) is 5.56 Å². The minimum atomic E-state index is -0.115. The van der Waals surface area contributed by atoms with Gasteiger partial charge in [0.1, 0.15) is 5.75 Å². The van der Waals surface area contributed by atoms with Crippen molar-refractivity contribution in [1.29, 1.82) is 0 Å². The molecule has 0 saturated heterocycles. The molecule has 27 heavy (non-hydrogen) atoms. The van der Waals surface area contributed by atoms with Gasteiger partial charge in [0.15, 0.2) is 0 Å². The Labute approximate surface area is 157 Å². The van der Waals surface area contributed by atoms with E-state index in [0.29, 0.717) is 5.41 Å². The van der Waals surface area contributed by atoms with E-state index in [9.17, 15) is 4.79 Å². The number of aromatic nitrogens is 3. The van der Waals surface area contributed by atoms with Gasteiger partial charge >= 0.3 is 0 Å². The van der Waals surface area contributed by atoms with E-state index in [4.69, 9.17) is 4.74 Å². The number of hydrogen-bond acceptors (Lipinski definition) is 4. The fourth-order valence-corrected chi connectivity index (χ4v) is 4.10. The molecule has 0 spiro atoms. The van der Waals surface area contributed by atoms with Crippen molar-refractivity contribution in [2.75, 3.05) is 0 Å². The average molecular weight is 359 g/mol. The molecule has 2 aliphatic rings. The van der Waals surface area contributed by atoms with Crippen molar-refractivity contribution in [3.8, 4) is 22.9 Å². The second-order valence-electron chi connectivity index (χ2n) is 7.79. The number of rotatable bonds is 4. The lowest BCUT2D eigenvalue weighted by Crippen LogP contribution is -2.19. The molecular weight excluding hydrogens is 338 g/mol. The van der Waals surface area contributed by atoms with Crippen LogP contribution in [0, 0.1) is 19.8 Å². The predicted molar refractivity (Wildman–Crippen MR) is 103 cm³/mol. The van der Waals surface area contributed by atoms with Crippen LogP contribution in [0.25, 0.3) is 11.3 Å². The number of ether oxygens (including phenoxy) is 1. The third-order valence-electron chi connectivity index (χ3n) is 6.03. The first-order chi connectivity index (χ1) is 13.0. The molecule has 5 heteroatoms. The van der Waals surface area contributed by atoms with Crippen LogP contribution in [0.1, 0.15) is 29.7 Å². The minimum absolute atomic E-state index is 0.115. The molecule has 2 fully saturated rings. The van der Waals surface area contributed by atoms with Gasteiger partial charge in [0.05, 0.1) is 17.6 Å². The summed E-state index contributed by atoms with van der Waals surface area (Å²) in [5, 5.41) is 0. The molecule has 3 aromatic rings. The summed E-state index contributed by atoms with van der Waals surface area (Å²) in [6.07, 6.45) is 5.67. The van der Waals surface area contributed by atoms with Crippen LogP contribution in [0.3, 0.4) is 0 Å². The second-order valence-corrected chi connectivity index (χ2v) is 7.79. The highest BCUT2D eigenvalue weighted by Crippen LogP contribution is 2.76. The van der Waals surface area contributed by atoms with Gasteiger partial charge in [-0.2, -0.15) is 0 Å². The Balaban J connectivity index is 1.50. The first kappa shape index (κ1) is 16.2. The minimum Gasteiger partial charge on any atom is -0.439 e. The van der Waals surface area contributed by atoms with Gasteiger partial charge in [-0.25, -0.2) is 4.98 Å². The van der Waals surface area contributed by atoms with E-state index >= 15 is 0 Å². The molecule has 0 unspecified atom stereocenters. The molecule has 136 valence electrons. The maximum Gasteiger partial charge on any atom is 0.269 e. The molecule has 0 N–H and O–H groups in total. The first-order valence-electron chi connectivity index (χ1n) is 9.26. The molecule has 2 aliphatic carbocycles. The lowest BCUT2D eigenvalue weighted by Gasteiger charge is -2.15. The molecule has 5 rings (SSSR count). The van der Waals surface area contributed by atoms with Crippen molar-refractivity contribution in [1.82, 2.24) is 14.5 Å². The normalized spacial score (nSPS) is 22.3. The fourth-order valence-electron chi connectivity index (χ4n) is 4.10. The summed E-state index contributed by atoms with van der Waals surface area (Å²) in [5.41, 5.74) is 5.15. The van der Waals surface area contributed by atoms with E-state index < -0.39 is 0 Å². The lowest BCUT2D eigenvalue weighted by molar-refractivity contribution is 0.452. The third kappa shape index (κ3) is 2.49. The van der Waals surface area contributed by atoms with Crippen molar-refractivity contribution in [2.24, 2.45) is 13.0 Å². The Hall–Kier alpha value is -2.95. The molecule has 0 bridgehead atoms. The van der Waals surface area contributed by atoms with E-state index in [2.05, 4.69) is 16.0 Å². The zero-order valence-corrected chi connectivity index (χ0v) is 15.7. The van der Waals surface area contributed by atoms with Crippen molar-refractivity contribution >= 4 is 0 Å². The van der Waals surface area contributed by atoms with Gasteiger partial charge in [0.2, 0.25) is 5.88 Å². The van der Waals surface area contributed by atoms with Crippen LogP contribution in [0.4, 0.5) is 0 Å². The highest BCUT2D eigenvalue weighted by Gasteiger charge is 2.71. The maximum atomic E-state index is 12.0. The monoisotopic (exact) mass is 359 g/mol. The molecule has 5 nitrogen and oxygen atoms in total. The molecule has 2 heterocycles. The number of pyridine rings is 1. The van der Waals surface area contributed by atoms with E-state index in [1.165, 1.54) is 24.6 Å². The van der Waals surface area contributed by atoms with Crippen LogP contribution in [-0.2, 0) is 12.5 Å². The summed E-state index contributed by atoms with van der Waals surface area (Å²) in [4.78, 5) is 20.7. The molecule has 2 saturated carbocycles. The van der Waals surface area contributed by atoms with E-state index in [1.807, 2.05) is 38.1 Å². The highest BCUT2D eigenvalue weighted by molar-refractivity contribution is 5.67. The van der Waals surface area contributed by atoms with E-state index in [1.54, 1.807) is 17.8 Å². The van der Waals surface area contributed by atoms with Crippen LogP contribution >= 0.6 is 0 Å². The molecule has 2 aromatic heterocycles. The van der Waals surface area contributed by atoms with Gasteiger partial charge < -0.3 is 9.30 Å². The summed E-state index contributed by atoms with van der Waals surface area (Å²) in [5.74, 6) is 2.31. The number of aryl methyl sites for hydroxylation is 2. The quantitative estimate of drug-likeness (QED) is 0.709. The lowest BCUT2D eigenvalue weighted by atomic mass is 10.0. The molecule has 0 atom stereocenters. The van der Waals surface area contributed by atoms with Gasteiger partial charge in [-0.15, -0.1) is 0 Å². The largest absolute Gasteiger partial charge is 0.439 e. The Morgan fingerprint density at radius 2 is 1.96 bits per heavy atom. The highest BCUT2D eigenvalue weighted by atomic mass is 16.5. The second kappa shape index (κ2) is 5.52. The fraction of sp³-hybridized carbons (Fsp3) is 0.318.